The van der Waals surface area contributed by atoms with Crippen LogP contribution in [0, 0.1) is 0 Å². The fourth-order valence-electron chi connectivity index (χ4n) is 3.82. The Kier molecular flexibility index (Phi) is 5.11. The molecule has 0 atom stereocenters. The van der Waals surface area contributed by atoms with Crippen LogP contribution in [-0.4, -0.2) is 40.1 Å². The van der Waals surface area contributed by atoms with Gasteiger partial charge >= 0.3 is 6.01 Å². The highest BCUT2D eigenvalue weighted by Gasteiger charge is 2.28. The number of rotatable bonds is 5. The molecule has 1 saturated carbocycles. The number of hydrogen-bond donors (Lipinski definition) is 0. The first-order valence-electron chi connectivity index (χ1n) is 9.32. The molecule has 0 unspecified atom stereocenters. The molecule has 4 rings (SSSR count). The van der Waals surface area contributed by atoms with E-state index in [0.717, 1.165) is 37.7 Å². The normalized spacial score (nSPS) is 19.8. The highest BCUT2D eigenvalue weighted by Crippen LogP contribution is 2.27. The zero-order chi connectivity index (χ0) is 16.9. The predicted octanol–water partition coefficient (Wildman–Crippen LogP) is 4.05. The molecular formula is C20H25N3O2. The molecule has 2 fully saturated rings. The van der Waals surface area contributed by atoms with Crippen molar-refractivity contribution in [2.45, 2.75) is 50.7 Å². The first-order chi connectivity index (χ1) is 12.4. The van der Waals surface area contributed by atoms with Gasteiger partial charge in [-0.2, -0.15) is 9.97 Å². The van der Waals surface area contributed by atoms with E-state index in [0.29, 0.717) is 11.8 Å². The lowest BCUT2D eigenvalue weighted by molar-refractivity contribution is 0.0708. The van der Waals surface area contributed by atoms with Gasteiger partial charge in [0.15, 0.2) is 5.75 Å². The Balaban J connectivity index is 1.27. The zero-order valence-corrected chi connectivity index (χ0v) is 14.5. The van der Waals surface area contributed by atoms with Gasteiger partial charge in [-0.05, 0) is 37.8 Å². The summed E-state index contributed by atoms with van der Waals surface area (Å²) in [6.07, 6.45) is 11.2. The van der Waals surface area contributed by atoms with Gasteiger partial charge in [0.05, 0.1) is 12.4 Å². The topological polar surface area (TPSA) is 47.5 Å². The lowest BCUT2D eigenvalue weighted by atomic mass is 10.0. The van der Waals surface area contributed by atoms with E-state index in [1.807, 2.05) is 30.3 Å². The third-order valence-electron chi connectivity index (χ3n) is 5.17. The molecule has 2 heterocycles. The summed E-state index contributed by atoms with van der Waals surface area (Å²) in [6, 6.07) is 10.9. The van der Waals surface area contributed by atoms with Crippen LogP contribution in [0.2, 0.25) is 0 Å². The fraction of sp³-hybridized carbons (Fsp3) is 0.500. The smallest absolute Gasteiger partial charge is 0.316 e. The Bertz CT molecular complexity index is 648. The molecule has 0 radical (unpaired) electrons. The van der Waals surface area contributed by atoms with Gasteiger partial charge < -0.3 is 14.4 Å². The molecule has 1 saturated heterocycles. The van der Waals surface area contributed by atoms with Crippen molar-refractivity contribution in [2.24, 2.45) is 0 Å². The van der Waals surface area contributed by atoms with Gasteiger partial charge in [0, 0.05) is 19.1 Å². The molecule has 132 valence electrons. The summed E-state index contributed by atoms with van der Waals surface area (Å²) in [4.78, 5) is 11.2. The minimum Gasteiger partial charge on any atom is -0.460 e. The van der Waals surface area contributed by atoms with Gasteiger partial charge in [-0.15, -0.1) is 0 Å². The van der Waals surface area contributed by atoms with Crippen LogP contribution in [0.25, 0.3) is 0 Å². The number of hydrogen-bond acceptors (Lipinski definition) is 5. The lowest BCUT2D eigenvalue weighted by Gasteiger charge is -2.35. The predicted molar refractivity (Wildman–Crippen MR) is 96.0 cm³/mol. The van der Waals surface area contributed by atoms with E-state index in [4.69, 9.17) is 9.47 Å². The Morgan fingerprint density at radius 3 is 2.20 bits per heavy atom. The Labute approximate surface area is 149 Å². The monoisotopic (exact) mass is 339 g/mol. The summed E-state index contributed by atoms with van der Waals surface area (Å²) in [5, 5.41) is 0. The number of aromatic nitrogens is 2. The van der Waals surface area contributed by atoms with Crippen LogP contribution in [0.1, 0.15) is 38.5 Å². The van der Waals surface area contributed by atoms with Crippen LogP contribution in [-0.2, 0) is 0 Å². The molecule has 5 nitrogen and oxygen atoms in total. The summed E-state index contributed by atoms with van der Waals surface area (Å²) < 4.78 is 11.7. The number of likely N-dealkylation sites (tertiary alicyclic amines) is 1. The quantitative estimate of drug-likeness (QED) is 0.822. The van der Waals surface area contributed by atoms with Crippen molar-refractivity contribution in [3.05, 3.63) is 42.7 Å². The summed E-state index contributed by atoms with van der Waals surface area (Å²) in [6.45, 7) is 2.26. The first kappa shape index (κ1) is 16.3. The summed E-state index contributed by atoms with van der Waals surface area (Å²) in [7, 11) is 0. The molecule has 0 N–H and O–H groups in total. The number of piperidine rings is 1. The van der Waals surface area contributed by atoms with Crippen molar-refractivity contribution in [3.63, 3.8) is 0 Å². The van der Waals surface area contributed by atoms with Crippen LogP contribution < -0.4 is 9.47 Å². The summed E-state index contributed by atoms with van der Waals surface area (Å²) >= 11 is 0. The maximum atomic E-state index is 5.97. The summed E-state index contributed by atoms with van der Waals surface area (Å²) in [5.41, 5.74) is 0. The molecule has 2 aliphatic rings. The molecule has 2 aromatic rings. The average molecular weight is 339 g/mol. The maximum absolute atomic E-state index is 5.97. The van der Waals surface area contributed by atoms with Crippen molar-refractivity contribution < 1.29 is 9.47 Å². The van der Waals surface area contributed by atoms with Crippen LogP contribution in [0.4, 0.5) is 0 Å². The van der Waals surface area contributed by atoms with Gasteiger partial charge in [-0.25, -0.2) is 0 Å². The molecule has 0 amide bonds. The van der Waals surface area contributed by atoms with Crippen molar-refractivity contribution in [1.82, 2.24) is 14.9 Å². The van der Waals surface area contributed by atoms with Gasteiger partial charge in [-0.1, -0.05) is 31.0 Å². The zero-order valence-electron chi connectivity index (χ0n) is 14.5. The van der Waals surface area contributed by atoms with Crippen LogP contribution in [0.3, 0.4) is 0 Å². The van der Waals surface area contributed by atoms with Crippen molar-refractivity contribution in [3.8, 4) is 17.5 Å². The van der Waals surface area contributed by atoms with E-state index < -0.39 is 0 Å². The van der Waals surface area contributed by atoms with Crippen molar-refractivity contribution >= 4 is 0 Å². The first-order valence-corrected chi connectivity index (χ1v) is 9.32. The SMILES string of the molecule is c1ccc(Oc2cnc(OC3CCN(C4CCCC4)CC3)nc2)cc1. The standard InChI is InChI=1S/C20H25N3O2/c1-2-8-17(9-3-1)24-19-14-21-20(22-15-19)25-18-10-12-23(13-11-18)16-6-4-5-7-16/h1-3,8-9,14-16,18H,4-7,10-13H2. The minimum atomic E-state index is 0.221. The molecular weight excluding hydrogens is 314 g/mol. The maximum Gasteiger partial charge on any atom is 0.316 e. The highest BCUT2D eigenvalue weighted by atomic mass is 16.5. The van der Waals surface area contributed by atoms with E-state index in [1.165, 1.54) is 25.7 Å². The second-order valence-electron chi connectivity index (χ2n) is 6.91. The van der Waals surface area contributed by atoms with E-state index in [2.05, 4.69) is 14.9 Å². The number of nitrogens with zero attached hydrogens (tertiary/aromatic N) is 3. The van der Waals surface area contributed by atoms with E-state index in [1.54, 1.807) is 12.4 Å². The van der Waals surface area contributed by atoms with Crippen LogP contribution in [0.5, 0.6) is 17.5 Å². The second-order valence-corrected chi connectivity index (χ2v) is 6.91. The lowest BCUT2D eigenvalue weighted by Crippen LogP contribution is -2.43. The second kappa shape index (κ2) is 7.83. The average Bonchev–Trinajstić information content (AvgIpc) is 3.20. The molecule has 1 aliphatic heterocycles. The van der Waals surface area contributed by atoms with Gasteiger partial charge in [-0.3, -0.25) is 0 Å². The number of benzene rings is 1. The Hall–Kier alpha value is -2.14. The van der Waals surface area contributed by atoms with E-state index >= 15 is 0 Å². The van der Waals surface area contributed by atoms with Crippen LogP contribution >= 0.6 is 0 Å². The highest BCUT2D eigenvalue weighted by molar-refractivity contribution is 5.27. The van der Waals surface area contributed by atoms with Gasteiger partial charge in [0.2, 0.25) is 0 Å². The molecule has 1 aromatic heterocycles. The van der Waals surface area contributed by atoms with Crippen molar-refractivity contribution in [1.29, 1.82) is 0 Å². The minimum absolute atomic E-state index is 0.221. The third kappa shape index (κ3) is 4.28. The number of para-hydroxylation sites is 1. The van der Waals surface area contributed by atoms with E-state index in [-0.39, 0.29) is 6.10 Å². The Morgan fingerprint density at radius 1 is 0.840 bits per heavy atom. The fourth-order valence-corrected chi connectivity index (χ4v) is 3.82. The Morgan fingerprint density at radius 2 is 1.52 bits per heavy atom. The third-order valence-corrected chi connectivity index (χ3v) is 5.17. The van der Waals surface area contributed by atoms with Crippen molar-refractivity contribution in [2.75, 3.05) is 13.1 Å². The molecule has 0 spiro atoms. The molecule has 1 aromatic carbocycles. The molecule has 1 aliphatic carbocycles. The van der Waals surface area contributed by atoms with Crippen LogP contribution in [0.15, 0.2) is 42.7 Å². The van der Waals surface area contributed by atoms with Gasteiger partial charge in [0.25, 0.3) is 0 Å². The summed E-state index contributed by atoms with van der Waals surface area (Å²) in [5.74, 6) is 1.40. The van der Waals surface area contributed by atoms with Gasteiger partial charge in [0.1, 0.15) is 11.9 Å². The molecule has 25 heavy (non-hydrogen) atoms. The molecule has 5 heteroatoms. The molecule has 0 bridgehead atoms. The largest absolute Gasteiger partial charge is 0.460 e. The van der Waals surface area contributed by atoms with E-state index in [9.17, 15) is 0 Å². The number of ether oxygens (including phenoxy) is 2.